The SMILES string of the molecule is CN1CCN(C(=O)c2cccc3cc[nH]c23)CC1. The fourth-order valence-electron chi connectivity index (χ4n) is 2.44. The molecule has 1 aliphatic rings. The van der Waals surface area contributed by atoms with Crippen molar-refractivity contribution < 1.29 is 4.79 Å². The van der Waals surface area contributed by atoms with Gasteiger partial charge in [0.05, 0.1) is 11.1 Å². The van der Waals surface area contributed by atoms with Crippen molar-refractivity contribution in [3.8, 4) is 0 Å². The Morgan fingerprint density at radius 3 is 2.72 bits per heavy atom. The molecule has 3 rings (SSSR count). The first-order valence-electron chi connectivity index (χ1n) is 6.29. The van der Waals surface area contributed by atoms with Gasteiger partial charge < -0.3 is 14.8 Å². The summed E-state index contributed by atoms with van der Waals surface area (Å²) in [5.74, 6) is 0.135. The van der Waals surface area contributed by atoms with Crippen LogP contribution in [-0.2, 0) is 0 Å². The molecule has 1 amide bonds. The third-order valence-corrected chi connectivity index (χ3v) is 3.61. The van der Waals surface area contributed by atoms with Crippen molar-refractivity contribution in [2.75, 3.05) is 33.2 Å². The molecule has 2 heterocycles. The number of fused-ring (bicyclic) bond motifs is 1. The second-order valence-electron chi connectivity index (χ2n) is 4.84. The molecular weight excluding hydrogens is 226 g/mol. The first kappa shape index (κ1) is 11.3. The number of aromatic amines is 1. The second kappa shape index (κ2) is 4.46. The average molecular weight is 243 g/mol. The number of likely N-dealkylation sites (N-methyl/N-ethyl adjacent to an activating group) is 1. The molecule has 1 aliphatic heterocycles. The van der Waals surface area contributed by atoms with E-state index in [4.69, 9.17) is 0 Å². The van der Waals surface area contributed by atoms with Crippen LogP contribution in [0.25, 0.3) is 10.9 Å². The number of rotatable bonds is 1. The molecule has 18 heavy (non-hydrogen) atoms. The topological polar surface area (TPSA) is 39.3 Å². The number of H-pyrrole nitrogens is 1. The summed E-state index contributed by atoms with van der Waals surface area (Å²) in [6.45, 7) is 3.53. The van der Waals surface area contributed by atoms with E-state index in [1.54, 1.807) is 0 Å². The van der Waals surface area contributed by atoms with Gasteiger partial charge in [0.25, 0.3) is 5.91 Å². The molecule has 0 unspecified atom stereocenters. The molecular formula is C14H17N3O. The van der Waals surface area contributed by atoms with Crippen molar-refractivity contribution in [2.24, 2.45) is 0 Å². The number of piperazine rings is 1. The standard InChI is InChI=1S/C14H17N3O/c1-16-7-9-17(10-8-16)14(18)12-4-2-3-11-5-6-15-13(11)12/h2-6,15H,7-10H2,1H3. The van der Waals surface area contributed by atoms with Crippen molar-refractivity contribution in [3.05, 3.63) is 36.0 Å². The molecule has 94 valence electrons. The molecule has 0 saturated carbocycles. The highest BCUT2D eigenvalue weighted by atomic mass is 16.2. The maximum Gasteiger partial charge on any atom is 0.256 e. The van der Waals surface area contributed by atoms with E-state index >= 15 is 0 Å². The van der Waals surface area contributed by atoms with Gasteiger partial charge in [-0.15, -0.1) is 0 Å². The molecule has 0 spiro atoms. The maximum atomic E-state index is 12.5. The van der Waals surface area contributed by atoms with Crippen molar-refractivity contribution >= 4 is 16.8 Å². The summed E-state index contributed by atoms with van der Waals surface area (Å²) in [6.07, 6.45) is 1.88. The highest BCUT2D eigenvalue weighted by Crippen LogP contribution is 2.19. The molecule has 1 aromatic heterocycles. The lowest BCUT2D eigenvalue weighted by atomic mass is 10.1. The van der Waals surface area contributed by atoms with Crippen LogP contribution in [0.2, 0.25) is 0 Å². The number of aromatic nitrogens is 1. The number of nitrogens with zero attached hydrogens (tertiary/aromatic N) is 2. The zero-order valence-electron chi connectivity index (χ0n) is 10.5. The molecule has 4 heteroatoms. The summed E-state index contributed by atoms with van der Waals surface area (Å²) in [4.78, 5) is 19.9. The van der Waals surface area contributed by atoms with Gasteiger partial charge in [-0.1, -0.05) is 12.1 Å². The van der Waals surface area contributed by atoms with Gasteiger partial charge in [0, 0.05) is 37.8 Å². The van der Waals surface area contributed by atoms with Crippen LogP contribution in [0.3, 0.4) is 0 Å². The normalized spacial score (nSPS) is 17.3. The molecule has 2 aromatic rings. The first-order chi connectivity index (χ1) is 8.75. The number of nitrogens with one attached hydrogen (secondary N) is 1. The Labute approximate surface area is 106 Å². The second-order valence-corrected chi connectivity index (χ2v) is 4.84. The Morgan fingerprint density at radius 2 is 1.94 bits per heavy atom. The number of para-hydroxylation sites is 1. The van der Waals surface area contributed by atoms with Crippen LogP contribution in [0, 0.1) is 0 Å². The van der Waals surface area contributed by atoms with Crippen LogP contribution < -0.4 is 0 Å². The fourth-order valence-corrected chi connectivity index (χ4v) is 2.44. The summed E-state index contributed by atoms with van der Waals surface area (Å²) >= 11 is 0. The van der Waals surface area contributed by atoms with E-state index in [0.717, 1.165) is 42.6 Å². The van der Waals surface area contributed by atoms with E-state index in [1.165, 1.54) is 0 Å². The summed E-state index contributed by atoms with van der Waals surface area (Å²) in [7, 11) is 2.09. The summed E-state index contributed by atoms with van der Waals surface area (Å²) in [5.41, 5.74) is 1.73. The van der Waals surface area contributed by atoms with Crippen LogP contribution in [0.1, 0.15) is 10.4 Å². The van der Waals surface area contributed by atoms with Gasteiger partial charge in [0.1, 0.15) is 0 Å². The Morgan fingerprint density at radius 1 is 1.17 bits per heavy atom. The Bertz CT molecular complexity index is 567. The van der Waals surface area contributed by atoms with Crippen molar-refractivity contribution in [3.63, 3.8) is 0 Å². The number of hydrogen-bond acceptors (Lipinski definition) is 2. The zero-order valence-corrected chi connectivity index (χ0v) is 10.5. The van der Waals surface area contributed by atoms with Gasteiger partial charge in [-0.2, -0.15) is 0 Å². The van der Waals surface area contributed by atoms with E-state index in [2.05, 4.69) is 16.9 Å². The molecule has 1 N–H and O–H groups in total. The molecule has 0 radical (unpaired) electrons. The van der Waals surface area contributed by atoms with E-state index in [-0.39, 0.29) is 5.91 Å². The number of hydrogen-bond donors (Lipinski definition) is 1. The lowest BCUT2D eigenvalue weighted by molar-refractivity contribution is 0.0666. The van der Waals surface area contributed by atoms with E-state index in [0.29, 0.717) is 0 Å². The third kappa shape index (κ3) is 1.88. The average Bonchev–Trinajstić information content (AvgIpc) is 2.87. The molecule has 1 aromatic carbocycles. The highest BCUT2D eigenvalue weighted by Gasteiger charge is 2.21. The van der Waals surface area contributed by atoms with E-state index < -0.39 is 0 Å². The number of amides is 1. The van der Waals surface area contributed by atoms with Gasteiger partial charge in [0.15, 0.2) is 0 Å². The number of carbonyl (C=O) groups excluding carboxylic acids is 1. The van der Waals surface area contributed by atoms with Crippen molar-refractivity contribution in [1.82, 2.24) is 14.8 Å². The fraction of sp³-hybridized carbons (Fsp3) is 0.357. The van der Waals surface area contributed by atoms with Gasteiger partial charge in [-0.25, -0.2) is 0 Å². The highest BCUT2D eigenvalue weighted by molar-refractivity contribution is 6.05. The Balaban J connectivity index is 1.90. The minimum absolute atomic E-state index is 0.135. The quantitative estimate of drug-likeness (QED) is 0.825. The minimum atomic E-state index is 0.135. The number of carbonyl (C=O) groups is 1. The van der Waals surface area contributed by atoms with Crippen LogP contribution in [-0.4, -0.2) is 53.9 Å². The van der Waals surface area contributed by atoms with Gasteiger partial charge in [-0.3, -0.25) is 4.79 Å². The largest absolute Gasteiger partial charge is 0.361 e. The van der Waals surface area contributed by atoms with Crippen LogP contribution in [0.5, 0.6) is 0 Å². The van der Waals surface area contributed by atoms with E-state index in [9.17, 15) is 4.79 Å². The monoisotopic (exact) mass is 243 g/mol. The Kier molecular flexibility index (Phi) is 2.80. The lowest BCUT2D eigenvalue weighted by Gasteiger charge is -2.32. The third-order valence-electron chi connectivity index (χ3n) is 3.61. The molecule has 0 aliphatic carbocycles. The first-order valence-corrected chi connectivity index (χ1v) is 6.29. The van der Waals surface area contributed by atoms with Crippen LogP contribution >= 0.6 is 0 Å². The lowest BCUT2D eigenvalue weighted by Crippen LogP contribution is -2.47. The van der Waals surface area contributed by atoms with E-state index in [1.807, 2.05) is 35.4 Å². The predicted molar refractivity (Wildman–Crippen MR) is 71.7 cm³/mol. The zero-order chi connectivity index (χ0) is 12.5. The molecule has 0 bridgehead atoms. The van der Waals surface area contributed by atoms with Gasteiger partial charge in [0.2, 0.25) is 0 Å². The van der Waals surface area contributed by atoms with Crippen molar-refractivity contribution in [2.45, 2.75) is 0 Å². The summed E-state index contributed by atoms with van der Waals surface area (Å²) in [6, 6.07) is 7.86. The smallest absolute Gasteiger partial charge is 0.256 e. The van der Waals surface area contributed by atoms with Gasteiger partial charge in [-0.05, 0) is 19.2 Å². The minimum Gasteiger partial charge on any atom is -0.361 e. The van der Waals surface area contributed by atoms with Crippen LogP contribution in [0.4, 0.5) is 0 Å². The van der Waals surface area contributed by atoms with Crippen LogP contribution in [0.15, 0.2) is 30.5 Å². The molecule has 1 fully saturated rings. The molecule has 4 nitrogen and oxygen atoms in total. The van der Waals surface area contributed by atoms with Gasteiger partial charge >= 0.3 is 0 Å². The number of benzene rings is 1. The summed E-state index contributed by atoms with van der Waals surface area (Å²) < 4.78 is 0. The summed E-state index contributed by atoms with van der Waals surface area (Å²) in [5, 5.41) is 1.09. The molecule has 0 atom stereocenters. The molecule has 1 saturated heterocycles. The predicted octanol–water partition coefficient (Wildman–Crippen LogP) is 1.56. The van der Waals surface area contributed by atoms with Crippen molar-refractivity contribution in [1.29, 1.82) is 0 Å². The Hall–Kier alpha value is -1.81. The maximum absolute atomic E-state index is 12.5.